The van der Waals surface area contributed by atoms with E-state index in [2.05, 4.69) is 24.0 Å². The smallest absolute Gasteiger partial charge is 0.101 e. The van der Waals surface area contributed by atoms with Gasteiger partial charge in [-0.1, -0.05) is 0 Å². The Balaban J connectivity index is 1.93. The van der Waals surface area contributed by atoms with E-state index in [0.29, 0.717) is 6.61 Å². The molecule has 3 heteroatoms. The number of anilines is 1. The van der Waals surface area contributed by atoms with Gasteiger partial charge in [0.15, 0.2) is 0 Å². The van der Waals surface area contributed by atoms with Crippen LogP contribution in [0, 0.1) is 30.1 Å². The van der Waals surface area contributed by atoms with Crippen LogP contribution in [0.2, 0.25) is 0 Å². The predicted octanol–water partition coefficient (Wildman–Crippen LogP) is 2.47. The van der Waals surface area contributed by atoms with Crippen LogP contribution in [0.3, 0.4) is 0 Å². The molecule has 0 radical (unpaired) electrons. The number of fused-ring (bicyclic) bond motifs is 1. The molecule has 0 bridgehead atoms. The van der Waals surface area contributed by atoms with E-state index < -0.39 is 0 Å². The van der Waals surface area contributed by atoms with Crippen LogP contribution in [0.5, 0.6) is 0 Å². The van der Waals surface area contributed by atoms with Crippen molar-refractivity contribution in [3.63, 3.8) is 0 Å². The van der Waals surface area contributed by atoms with Crippen molar-refractivity contribution in [3.05, 3.63) is 28.8 Å². The highest BCUT2D eigenvalue weighted by molar-refractivity contribution is 5.63. The SMILES string of the molecule is COCc1cc(C#N)c(N2CC3CC3C2)cc1C. The number of nitriles is 1. The van der Waals surface area contributed by atoms with E-state index in [-0.39, 0.29) is 0 Å². The maximum Gasteiger partial charge on any atom is 0.101 e. The third-order valence-electron chi connectivity index (χ3n) is 4.19. The number of hydrogen-bond donors (Lipinski definition) is 0. The van der Waals surface area contributed by atoms with E-state index in [9.17, 15) is 5.26 Å². The first-order valence-corrected chi connectivity index (χ1v) is 6.50. The van der Waals surface area contributed by atoms with Gasteiger partial charge in [-0.25, -0.2) is 0 Å². The van der Waals surface area contributed by atoms with Crippen molar-refractivity contribution in [2.75, 3.05) is 25.1 Å². The Morgan fingerprint density at radius 1 is 1.39 bits per heavy atom. The number of aryl methyl sites for hydroxylation is 1. The Labute approximate surface area is 108 Å². The number of rotatable bonds is 3. The van der Waals surface area contributed by atoms with Crippen molar-refractivity contribution < 1.29 is 4.74 Å². The fraction of sp³-hybridized carbons (Fsp3) is 0.533. The summed E-state index contributed by atoms with van der Waals surface area (Å²) in [7, 11) is 1.69. The Morgan fingerprint density at radius 3 is 2.72 bits per heavy atom. The molecule has 1 aromatic carbocycles. The molecule has 18 heavy (non-hydrogen) atoms. The maximum atomic E-state index is 9.32. The quantitative estimate of drug-likeness (QED) is 0.817. The molecule has 1 heterocycles. The summed E-state index contributed by atoms with van der Waals surface area (Å²) < 4.78 is 5.17. The Morgan fingerprint density at radius 2 is 2.11 bits per heavy atom. The van der Waals surface area contributed by atoms with Gasteiger partial charge in [-0.3, -0.25) is 0 Å². The molecule has 2 fully saturated rings. The first kappa shape index (κ1) is 11.6. The van der Waals surface area contributed by atoms with Gasteiger partial charge in [0, 0.05) is 20.2 Å². The zero-order valence-electron chi connectivity index (χ0n) is 10.9. The predicted molar refractivity (Wildman–Crippen MR) is 70.4 cm³/mol. The van der Waals surface area contributed by atoms with Gasteiger partial charge in [-0.15, -0.1) is 0 Å². The normalized spacial score (nSPS) is 24.8. The Kier molecular flexibility index (Phi) is 2.76. The van der Waals surface area contributed by atoms with Crippen LogP contribution in [-0.2, 0) is 11.3 Å². The second-order valence-electron chi connectivity index (χ2n) is 5.50. The molecule has 2 unspecified atom stereocenters. The largest absolute Gasteiger partial charge is 0.380 e. The minimum atomic E-state index is 0.575. The Hall–Kier alpha value is -1.53. The number of benzene rings is 1. The van der Waals surface area contributed by atoms with E-state index >= 15 is 0 Å². The summed E-state index contributed by atoms with van der Waals surface area (Å²) in [6.45, 7) is 4.92. The van der Waals surface area contributed by atoms with Crippen LogP contribution in [0.25, 0.3) is 0 Å². The van der Waals surface area contributed by atoms with Crippen molar-refractivity contribution in [1.29, 1.82) is 5.26 Å². The highest BCUT2D eigenvalue weighted by Gasteiger charge is 2.45. The van der Waals surface area contributed by atoms with Gasteiger partial charge in [0.1, 0.15) is 6.07 Å². The second kappa shape index (κ2) is 4.29. The molecular formula is C15H18N2O. The second-order valence-corrected chi connectivity index (χ2v) is 5.50. The molecule has 1 saturated carbocycles. The summed E-state index contributed by atoms with van der Waals surface area (Å²) in [4.78, 5) is 2.38. The zero-order valence-corrected chi connectivity index (χ0v) is 10.9. The van der Waals surface area contributed by atoms with Crippen molar-refractivity contribution in [2.24, 2.45) is 11.8 Å². The third kappa shape index (κ3) is 1.87. The van der Waals surface area contributed by atoms with Gasteiger partial charge < -0.3 is 9.64 Å². The summed E-state index contributed by atoms with van der Waals surface area (Å²) >= 11 is 0. The highest BCUT2D eigenvalue weighted by Crippen LogP contribution is 2.46. The van der Waals surface area contributed by atoms with Gasteiger partial charge in [-0.2, -0.15) is 5.26 Å². The monoisotopic (exact) mass is 242 g/mol. The first-order chi connectivity index (χ1) is 8.72. The third-order valence-corrected chi connectivity index (χ3v) is 4.19. The van der Waals surface area contributed by atoms with E-state index in [1.54, 1.807) is 7.11 Å². The molecule has 0 amide bonds. The molecule has 3 nitrogen and oxygen atoms in total. The van der Waals surface area contributed by atoms with Crippen LogP contribution < -0.4 is 4.90 Å². The molecule has 1 saturated heterocycles. The molecule has 3 rings (SSSR count). The van der Waals surface area contributed by atoms with E-state index in [1.807, 2.05) is 6.07 Å². The van der Waals surface area contributed by atoms with Crippen molar-refractivity contribution in [3.8, 4) is 6.07 Å². The first-order valence-electron chi connectivity index (χ1n) is 6.50. The summed E-state index contributed by atoms with van der Waals surface area (Å²) in [5, 5.41) is 9.32. The minimum Gasteiger partial charge on any atom is -0.380 e. The van der Waals surface area contributed by atoms with Crippen molar-refractivity contribution in [1.82, 2.24) is 0 Å². The van der Waals surface area contributed by atoms with Crippen molar-refractivity contribution >= 4 is 5.69 Å². The van der Waals surface area contributed by atoms with Crippen LogP contribution in [-0.4, -0.2) is 20.2 Å². The van der Waals surface area contributed by atoms with Gasteiger partial charge in [-0.05, 0) is 48.4 Å². The molecule has 1 aliphatic heterocycles. The lowest BCUT2D eigenvalue weighted by Gasteiger charge is -2.23. The molecule has 0 N–H and O–H groups in total. The van der Waals surface area contributed by atoms with Gasteiger partial charge in [0.05, 0.1) is 17.9 Å². The van der Waals surface area contributed by atoms with Crippen LogP contribution in [0.1, 0.15) is 23.1 Å². The van der Waals surface area contributed by atoms with Gasteiger partial charge >= 0.3 is 0 Å². The fourth-order valence-electron chi connectivity index (χ4n) is 2.99. The molecule has 1 aliphatic carbocycles. The van der Waals surface area contributed by atoms with E-state index in [1.165, 1.54) is 12.0 Å². The minimum absolute atomic E-state index is 0.575. The molecular weight excluding hydrogens is 224 g/mol. The Bertz CT molecular complexity index is 508. The van der Waals surface area contributed by atoms with Crippen LogP contribution in [0.4, 0.5) is 5.69 Å². The van der Waals surface area contributed by atoms with Gasteiger partial charge in [0.25, 0.3) is 0 Å². The number of nitrogens with zero attached hydrogens (tertiary/aromatic N) is 2. The number of methoxy groups -OCH3 is 1. The van der Waals surface area contributed by atoms with Crippen molar-refractivity contribution in [2.45, 2.75) is 20.0 Å². The summed E-state index contributed by atoms with van der Waals surface area (Å²) in [5.41, 5.74) is 4.23. The molecule has 94 valence electrons. The summed E-state index contributed by atoms with van der Waals surface area (Å²) in [5.74, 6) is 1.77. The lowest BCUT2D eigenvalue weighted by molar-refractivity contribution is 0.184. The van der Waals surface area contributed by atoms with E-state index in [4.69, 9.17) is 4.74 Å². The number of hydrogen-bond acceptors (Lipinski definition) is 3. The standard InChI is InChI=1S/C15H18N2O/c1-10-3-15(17-7-12-5-13(12)8-17)11(6-16)4-14(10)9-18-2/h3-4,12-13H,5,7-9H2,1-2H3. The zero-order chi connectivity index (χ0) is 12.7. The average molecular weight is 242 g/mol. The summed E-state index contributed by atoms with van der Waals surface area (Å²) in [6.07, 6.45) is 1.39. The molecule has 2 atom stereocenters. The van der Waals surface area contributed by atoms with Crippen LogP contribution >= 0.6 is 0 Å². The average Bonchev–Trinajstić information content (AvgIpc) is 2.98. The number of ether oxygens (including phenoxy) is 1. The fourth-order valence-corrected chi connectivity index (χ4v) is 2.99. The molecule has 0 aromatic heterocycles. The lowest BCUT2D eigenvalue weighted by Crippen LogP contribution is -2.23. The molecule has 0 spiro atoms. The lowest BCUT2D eigenvalue weighted by atomic mass is 10.0. The van der Waals surface area contributed by atoms with E-state index in [0.717, 1.165) is 41.7 Å². The number of piperidine rings is 1. The van der Waals surface area contributed by atoms with Gasteiger partial charge in [0.2, 0.25) is 0 Å². The topological polar surface area (TPSA) is 36.3 Å². The highest BCUT2D eigenvalue weighted by atomic mass is 16.5. The maximum absolute atomic E-state index is 9.32. The molecule has 2 aliphatic rings. The van der Waals surface area contributed by atoms with Crippen LogP contribution in [0.15, 0.2) is 12.1 Å². The summed E-state index contributed by atoms with van der Waals surface area (Å²) in [6, 6.07) is 6.47. The molecule has 1 aromatic rings.